The maximum atomic E-state index is 5.81. The molecule has 0 bridgehead atoms. The third kappa shape index (κ3) is 1.26. The Morgan fingerprint density at radius 1 is 1.47 bits per heavy atom. The molecular formula is C12H13BrN2. The van der Waals surface area contributed by atoms with Crippen molar-refractivity contribution < 1.29 is 0 Å². The number of rotatable bonds is 1. The quantitative estimate of drug-likeness (QED) is 0.844. The summed E-state index contributed by atoms with van der Waals surface area (Å²) >= 11 is 3.62. The van der Waals surface area contributed by atoms with Gasteiger partial charge < -0.3 is 10.3 Å². The maximum absolute atomic E-state index is 5.81. The van der Waals surface area contributed by atoms with Gasteiger partial charge in [0, 0.05) is 28.1 Å². The SMILES string of the molecule is NCC1CCc2cc3cccc(Br)c3n21. The Balaban J connectivity index is 2.34. The van der Waals surface area contributed by atoms with Crippen LogP contribution in [0.15, 0.2) is 28.7 Å². The number of nitrogens with zero attached hydrogens (tertiary/aromatic N) is 1. The van der Waals surface area contributed by atoms with E-state index < -0.39 is 0 Å². The minimum atomic E-state index is 0.483. The van der Waals surface area contributed by atoms with Gasteiger partial charge in [-0.1, -0.05) is 12.1 Å². The van der Waals surface area contributed by atoms with Crippen molar-refractivity contribution in [3.05, 3.63) is 34.4 Å². The number of nitrogens with two attached hydrogens (primary N) is 1. The molecule has 0 saturated carbocycles. The molecule has 1 aliphatic heterocycles. The fourth-order valence-electron chi connectivity index (χ4n) is 2.57. The zero-order valence-corrected chi connectivity index (χ0v) is 10.00. The number of hydrogen-bond acceptors (Lipinski definition) is 1. The topological polar surface area (TPSA) is 30.9 Å². The number of aromatic nitrogens is 1. The molecule has 3 rings (SSSR count). The first-order chi connectivity index (χ1) is 7.31. The second kappa shape index (κ2) is 3.35. The van der Waals surface area contributed by atoms with E-state index >= 15 is 0 Å². The first-order valence-corrected chi connectivity index (χ1v) is 6.09. The van der Waals surface area contributed by atoms with Gasteiger partial charge in [-0.2, -0.15) is 0 Å². The van der Waals surface area contributed by atoms with E-state index in [1.807, 2.05) is 0 Å². The van der Waals surface area contributed by atoms with Crippen molar-refractivity contribution >= 4 is 26.8 Å². The van der Waals surface area contributed by atoms with Crippen molar-refractivity contribution in [3.8, 4) is 0 Å². The molecule has 0 aliphatic carbocycles. The Morgan fingerprint density at radius 3 is 3.13 bits per heavy atom. The first kappa shape index (κ1) is 9.43. The molecule has 1 aliphatic rings. The zero-order valence-electron chi connectivity index (χ0n) is 8.41. The van der Waals surface area contributed by atoms with Crippen LogP contribution in [0.1, 0.15) is 18.2 Å². The molecule has 0 amide bonds. The van der Waals surface area contributed by atoms with Crippen molar-refractivity contribution in [2.45, 2.75) is 18.9 Å². The highest BCUT2D eigenvalue weighted by molar-refractivity contribution is 9.10. The third-order valence-electron chi connectivity index (χ3n) is 3.26. The normalized spacial score (nSPS) is 19.7. The molecule has 1 aromatic heterocycles. The molecule has 0 spiro atoms. The first-order valence-electron chi connectivity index (χ1n) is 5.29. The second-order valence-corrected chi connectivity index (χ2v) is 4.97. The van der Waals surface area contributed by atoms with Crippen molar-refractivity contribution in [2.75, 3.05) is 6.54 Å². The van der Waals surface area contributed by atoms with Gasteiger partial charge in [0.05, 0.1) is 5.52 Å². The van der Waals surface area contributed by atoms with Gasteiger partial charge in [0.15, 0.2) is 0 Å². The van der Waals surface area contributed by atoms with E-state index in [1.54, 1.807) is 0 Å². The zero-order chi connectivity index (χ0) is 10.4. The van der Waals surface area contributed by atoms with Gasteiger partial charge in [-0.3, -0.25) is 0 Å². The maximum Gasteiger partial charge on any atom is 0.0629 e. The van der Waals surface area contributed by atoms with Gasteiger partial charge in [0.1, 0.15) is 0 Å². The van der Waals surface area contributed by atoms with E-state index in [0.29, 0.717) is 6.04 Å². The molecule has 2 N–H and O–H groups in total. The molecule has 1 atom stereocenters. The van der Waals surface area contributed by atoms with Crippen molar-refractivity contribution in [1.29, 1.82) is 0 Å². The average molecular weight is 265 g/mol. The van der Waals surface area contributed by atoms with Gasteiger partial charge in [0.2, 0.25) is 0 Å². The Morgan fingerprint density at radius 2 is 2.33 bits per heavy atom. The highest BCUT2D eigenvalue weighted by Gasteiger charge is 2.23. The fourth-order valence-corrected chi connectivity index (χ4v) is 3.14. The lowest BCUT2D eigenvalue weighted by molar-refractivity contribution is 0.553. The van der Waals surface area contributed by atoms with Crippen molar-refractivity contribution in [2.24, 2.45) is 5.73 Å². The summed E-state index contributed by atoms with van der Waals surface area (Å²) in [6.45, 7) is 0.734. The van der Waals surface area contributed by atoms with E-state index in [0.717, 1.165) is 13.0 Å². The van der Waals surface area contributed by atoms with Crippen LogP contribution in [0.25, 0.3) is 10.9 Å². The molecule has 2 aromatic rings. The lowest BCUT2D eigenvalue weighted by Gasteiger charge is -2.13. The van der Waals surface area contributed by atoms with Crippen LogP contribution in [0.4, 0.5) is 0 Å². The van der Waals surface area contributed by atoms with Crippen LogP contribution in [0, 0.1) is 0 Å². The average Bonchev–Trinajstić information content (AvgIpc) is 2.75. The molecule has 15 heavy (non-hydrogen) atoms. The number of para-hydroxylation sites is 1. The summed E-state index contributed by atoms with van der Waals surface area (Å²) < 4.78 is 3.57. The van der Waals surface area contributed by atoms with Crippen LogP contribution in [-0.4, -0.2) is 11.1 Å². The molecule has 78 valence electrons. The van der Waals surface area contributed by atoms with Crippen LogP contribution >= 0.6 is 15.9 Å². The predicted octanol–water partition coefficient (Wildman–Crippen LogP) is 2.85. The van der Waals surface area contributed by atoms with Gasteiger partial charge in [0.25, 0.3) is 0 Å². The number of aryl methyl sites for hydroxylation is 1. The van der Waals surface area contributed by atoms with E-state index in [1.165, 1.54) is 27.5 Å². The van der Waals surface area contributed by atoms with Crippen molar-refractivity contribution in [3.63, 3.8) is 0 Å². The van der Waals surface area contributed by atoms with Crippen LogP contribution in [-0.2, 0) is 6.42 Å². The summed E-state index contributed by atoms with van der Waals surface area (Å²) in [5.74, 6) is 0. The molecule has 2 heterocycles. The minimum absolute atomic E-state index is 0.483. The molecule has 2 nitrogen and oxygen atoms in total. The molecule has 1 aromatic carbocycles. The van der Waals surface area contributed by atoms with Gasteiger partial charge in [-0.25, -0.2) is 0 Å². The van der Waals surface area contributed by atoms with Gasteiger partial charge in [-0.05, 0) is 40.9 Å². The highest BCUT2D eigenvalue weighted by atomic mass is 79.9. The smallest absolute Gasteiger partial charge is 0.0629 e. The molecule has 0 saturated heterocycles. The summed E-state index contributed by atoms with van der Waals surface area (Å²) in [6.07, 6.45) is 2.34. The Kier molecular flexibility index (Phi) is 2.11. The molecule has 3 heteroatoms. The van der Waals surface area contributed by atoms with E-state index in [-0.39, 0.29) is 0 Å². The third-order valence-corrected chi connectivity index (χ3v) is 3.90. The van der Waals surface area contributed by atoms with E-state index in [9.17, 15) is 0 Å². The van der Waals surface area contributed by atoms with Crippen LogP contribution in [0.5, 0.6) is 0 Å². The van der Waals surface area contributed by atoms with Crippen LogP contribution in [0.3, 0.4) is 0 Å². The van der Waals surface area contributed by atoms with E-state index in [2.05, 4.69) is 44.8 Å². The van der Waals surface area contributed by atoms with Gasteiger partial charge >= 0.3 is 0 Å². The van der Waals surface area contributed by atoms with Crippen molar-refractivity contribution in [1.82, 2.24) is 4.57 Å². The molecular weight excluding hydrogens is 252 g/mol. The summed E-state index contributed by atoms with van der Waals surface area (Å²) in [5, 5.41) is 1.32. The van der Waals surface area contributed by atoms with Crippen LogP contribution < -0.4 is 5.73 Å². The molecule has 0 radical (unpaired) electrons. The minimum Gasteiger partial charge on any atom is -0.339 e. The lowest BCUT2D eigenvalue weighted by atomic mass is 10.1. The standard InChI is InChI=1S/C12H13BrN2/c13-11-3-1-2-8-6-9-4-5-10(7-14)15(9)12(8)11/h1-3,6,10H,4-5,7,14H2. The fraction of sp³-hybridized carbons (Fsp3) is 0.333. The van der Waals surface area contributed by atoms with E-state index in [4.69, 9.17) is 5.73 Å². The number of halogens is 1. The highest BCUT2D eigenvalue weighted by Crippen LogP contribution is 2.35. The summed E-state index contributed by atoms with van der Waals surface area (Å²) in [6, 6.07) is 9.12. The van der Waals surface area contributed by atoms with Crippen LogP contribution in [0.2, 0.25) is 0 Å². The molecule has 0 fully saturated rings. The lowest BCUT2D eigenvalue weighted by Crippen LogP contribution is -2.15. The summed E-state index contributed by atoms with van der Waals surface area (Å²) in [5.41, 5.74) is 8.54. The number of benzene rings is 1. The number of fused-ring (bicyclic) bond motifs is 3. The summed E-state index contributed by atoms with van der Waals surface area (Å²) in [4.78, 5) is 0. The van der Waals surface area contributed by atoms with Gasteiger partial charge in [-0.15, -0.1) is 0 Å². The predicted molar refractivity (Wildman–Crippen MR) is 66.1 cm³/mol. The Labute approximate surface area is 97.2 Å². The Bertz CT molecular complexity index is 516. The second-order valence-electron chi connectivity index (χ2n) is 4.11. The monoisotopic (exact) mass is 264 g/mol. The molecule has 1 unspecified atom stereocenters. The largest absolute Gasteiger partial charge is 0.339 e. The number of hydrogen-bond donors (Lipinski definition) is 1. The summed E-state index contributed by atoms with van der Waals surface area (Å²) in [7, 11) is 0. The Hall–Kier alpha value is -0.800.